The van der Waals surface area contributed by atoms with Crippen LogP contribution in [0.1, 0.15) is 52.4 Å². The molecule has 96 valence electrons. The zero-order valence-corrected chi connectivity index (χ0v) is 12.1. The van der Waals surface area contributed by atoms with Crippen LogP contribution in [-0.2, 0) is 0 Å². The van der Waals surface area contributed by atoms with Crippen molar-refractivity contribution >= 4 is 11.8 Å². The first-order chi connectivity index (χ1) is 7.81. The first kappa shape index (κ1) is 14.4. The van der Waals surface area contributed by atoms with Gasteiger partial charge < -0.3 is 5.32 Å². The molecule has 1 N–H and O–H groups in total. The Labute approximate surface area is 106 Å². The second-order valence-electron chi connectivity index (χ2n) is 5.08. The van der Waals surface area contributed by atoms with Gasteiger partial charge in [0, 0.05) is 6.04 Å². The van der Waals surface area contributed by atoms with Crippen LogP contribution >= 0.6 is 11.8 Å². The Balaban J connectivity index is 2.27. The Hall–Kier alpha value is 0.310. The molecule has 2 heteroatoms. The maximum absolute atomic E-state index is 3.53. The van der Waals surface area contributed by atoms with Crippen molar-refractivity contribution in [2.24, 2.45) is 11.8 Å². The van der Waals surface area contributed by atoms with Crippen LogP contribution in [0.25, 0.3) is 0 Å². The van der Waals surface area contributed by atoms with Crippen LogP contribution in [0.3, 0.4) is 0 Å². The van der Waals surface area contributed by atoms with Gasteiger partial charge in [0.25, 0.3) is 0 Å². The van der Waals surface area contributed by atoms with Crippen LogP contribution in [0.4, 0.5) is 0 Å². The van der Waals surface area contributed by atoms with Crippen molar-refractivity contribution in [1.29, 1.82) is 0 Å². The highest BCUT2D eigenvalue weighted by Crippen LogP contribution is 2.34. The maximum Gasteiger partial charge on any atom is 0.00925 e. The molecule has 3 unspecified atom stereocenters. The average Bonchev–Trinajstić information content (AvgIpc) is 2.34. The normalized spacial score (nSPS) is 30.6. The third-order valence-corrected chi connectivity index (χ3v) is 5.09. The van der Waals surface area contributed by atoms with Gasteiger partial charge in [0.2, 0.25) is 0 Å². The van der Waals surface area contributed by atoms with Gasteiger partial charge in [0.15, 0.2) is 0 Å². The lowest BCUT2D eigenvalue weighted by Crippen LogP contribution is -2.38. The SMILES string of the molecule is CCSCCCC1CC(CC)CCC1NC. The van der Waals surface area contributed by atoms with E-state index in [0.717, 1.165) is 17.9 Å². The monoisotopic (exact) mass is 243 g/mol. The minimum atomic E-state index is 0.800. The molecule has 1 aliphatic carbocycles. The highest BCUT2D eigenvalue weighted by Gasteiger charge is 2.27. The van der Waals surface area contributed by atoms with Crippen LogP contribution in [0.2, 0.25) is 0 Å². The predicted octanol–water partition coefficient (Wildman–Crippen LogP) is 3.93. The average molecular weight is 243 g/mol. The lowest BCUT2D eigenvalue weighted by molar-refractivity contribution is 0.196. The summed E-state index contributed by atoms with van der Waals surface area (Å²) in [7, 11) is 2.14. The molecule has 0 aromatic carbocycles. The third kappa shape index (κ3) is 4.67. The molecule has 16 heavy (non-hydrogen) atoms. The van der Waals surface area contributed by atoms with Crippen molar-refractivity contribution in [3.63, 3.8) is 0 Å². The van der Waals surface area contributed by atoms with E-state index >= 15 is 0 Å². The molecule has 0 amide bonds. The van der Waals surface area contributed by atoms with Crippen LogP contribution in [0.15, 0.2) is 0 Å². The minimum Gasteiger partial charge on any atom is -0.317 e. The molecule has 0 aromatic rings. The summed E-state index contributed by atoms with van der Waals surface area (Å²) in [5.74, 6) is 4.59. The molecule has 0 bridgehead atoms. The summed E-state index contributed by atoms with van der Waals surface area (Å²) in [6.45, 7) is 4.61. The lowest BCUT2D eigenvalue weighted by Gasteiger charge is -2.36. The Morgan fingerprint density at radius 1 is 1.25 bits per heavy atom. The second-order valence-corrected chi connectivity index (χ2v) is 6.48. The smallest absolute Gasteiger partial charge is 0.00925 e. The van der Waals surface area contributed by atoms with E-state index < -0.39 is 0 Å². The topological polar surface area (TPSA) is 12.0 Å². The van der Waals surface area contributed by atoms with Gasteiger partial charge in [-0.15, -0.1) is 0 Å². The van der Waals surface area contributed by atoms with Gasteiger partial charge in [0.05, 0.1) is 0 Å². The van der Waals surface area contributed by atoms with E-state index in [9.17, 15) is 0 Å². The van der Waals surface area contributed by atoms with E-state index in [-0.39, 0.29) is 0 Å². The van der Waals surface area contributed by atoms with Crippen LogP contribution < -0.4 is 5.32 Å². The Morgan fingerprint density at radius 3 is 2.69 bits per heavy atom. The highest BCUT2D eigenvalue weighted by atomic mass is 32.2. The molecule has 3 atom stereocenters. The fourth-order valence-electron chi connectivity index (χ4n) is 3.02. The van der Waals surface area contributed by atoms with E-state index in [4.69, 9.17) is 0 Å². The molecule has 1 fully saturated rings. The number of hydrogen-bond donors (Lipinski definition) is 1. The third-order valence-electron chi connectivity index (χ3n) is 4.11. The van der Waals surface area contributed by atoms with E-state index in [1.807, 2.05) is 0 Å². The van der Waals surface area contributed by atoms with Crippen molar-refractivity contribution < 1.29 is 0 Å². The van der Waals surface area contributed by atoms with Crippen LogP contribution in [0.5, 0.6) is 0 Å². The summed E-state index contributed by atoms with van der Waals surface area (Å²) in [4.78, 5) is 0. The molecular weight excluding hydrogens is 214 g/mol. The summed E-state index contributed by atoms with van der Waals surface area (Å²) in [6.07, 6.45) is 8.56. The van der Waals surface area contributed by atoms with E-state index in [2.05, 4.69) is 38.0 Å². The first-order valence-electron chi connectivity index (χ1n) is 7.06. The maximum atomic E-state index is 3.53. The Bertz CT molecular complexity index is 172. The molecule has 1 aliphatic rings. The molecule has 0 heterocycles. The quantitative estimate of drug-likeness (QED) is 0.680. The number of hydrogen-bond acceptors (Lipinski definition) is 2. The van der Waals surface area contributed by atoms with Crippen molar-refractivity contribution in [2.75, 3.05) is 18.6 Å². The highest BCUT2D eigenvalue weighted by molar-refractivity contribution is 7.99. The minimum absolute atomic E-state index is 0.800. The molecule has 1 rings (SSSR count). The van der Waals surface area contributed by atoms with Gasteiger partial charge >= 0.3 is 0 Å². The predicted molar refractivity (Wildman–Crippen MR) is 76.2 cm³/mol. The summed E-state index contributed by atoms with van der Waals surface area (Å²) in [6, 6.07) is 0.800. The van der Waals surface area contributed by atoms with Gasteiger partial charge in [-0.2, -0.15) is 11.8 Å². The Kier molecular flexibility index (Phi) is 7.55. The zero-order valence-electron chi connectivity index (χ0n) is 11.3. The van der Waals surface area contributed by atoms with Gasteiger partial charge in [0.1, 0.15) is 0 Å². The van der Waals surface area contributed by atoms with E-state index in [1.165, 1.54) is 50.0 Å². The number of rotatable bonds is 7. The van der Waals surface area contributed by atoms with Crippen molar-refractivity contribution in [3.05, 3.63) is 0 Å². The fourth-order valence-corrected chi connectivity index (χ4v) is 3.68. The van der Waals surface area contributed by atoms with Gasteiger partial charge in [-0.05, 0) is 62.5 Å². The molecule has 1 saturated carbocycles. The van der Waals surface area contributed by atoms with Crippen molar-refractivity contribution in [3.8, 4) is 0 Å². The van der Waals surface area contributed by atoms with Crippen LogP contribution in [0, 0.1) is 11.8 Å². The standard InChI is InChI=1S/C14H29NS/c1-4-12-8-9-14(15-3)13(11-12)7-6-10-16-5-2/h12-15H,4-11H2,1-3H3. The molecule has 0 aliphatic heterocycles. The molecule has 0 saturated heterocycles. The largest absolute Gasteiger partial charge is 0.317 e. The number of nitrogens with one attached hydrogen (secondary N) is 1. The summed E-state index contributed by atoms with van der Waals surface area (Å²) in [5.41, 5.74) is 0. The molecular formula is C14H29NS. The second kappa shape index (κ2) is 8.41. The zero-order chi connectivity index (χ0) is 11.8. The van der Waals surface area contributed by atoms with Crippen molar-refractivity contribution in [1.82, 2.24) is 5.32 Å². The first-order valence-corrected chi connectivity index (χ1v) is 8.22. The molecule has 0 radical (unpaired) electrons. The molecule has 0 aromatic heterocycles. The number of thioether (sulfide) groups is 1. The van der Waals surface area contributed by atoms with E-state index in [0.29, 0.717) is 0 Å². The van der Waals surface area contributed by atoms with Crippen molar-refractivity contribution in [2.45, 2.75) is 58.4 Å². The van der Waals surface area contributed by atoms with Gasteiger partial charge in [-0.3, -0.25) is 0 Å². The Morgan fingerprint density at radius 2 is 2.06 bits per heavy atom. The summed E-state index contributed by atoms with van der Waals surface area (Å²) < 4.78 is 0. The van der Waals surface area contributed by atoms with Gasteiger partial charge in [-0.25, -0.2) is 0 Å². The lowest BCUT2D eigenvalue weighted by atomic mass is 9.75. The summed E-state index contributed by atoms with van der Waals surface area (Å²) >= 11 is 2.09. The molecule has 0 spiro atoms. The fraction of sp³-hybridized carbons (Fsp3) is 1.00. The van der Waals surface area contributed by atoms with Crippen LogP contribution in [-0.4, -0.2) is 24.6 Å². The van der Waals surface area contributed by atoms with Gasteiger partial charge in [-0.1, -0.05) is 20.3 Å². The van der Waals surface area contributed by atoms with E-state index in [1.54, 1.807) is 0 Å². The molecule has 1 nitrogen and oxygen atoms in total. The summed E-state index contributed by atoms with van der Waals surface area (Å²) in [5, 5.41) is 3.53.